The Kier molecular flexibility index (Phi) is 7.53. The summed E-state index contributed by atoms with van der Waals surface area (Å²) >= 11 is 0. The smallest absolute Gasteiger partial charge is 0.338 e. The first-order valence-corrected chi connectivity index (χ1v) is 10.8. The first-order chi connectivity index (χ1) is 13.6. The predicted molar refractivity (Wildman–Crippen MR) is 111 cm³/mol. The topological polar surface area (TPSA) is 92.8 Å². The van der Waals surface area contributed by atoms with Gasteiger partial charge in [0.1, 0.15) is 0 Å². The third kappa shape index (κ3) is 6.13. The lowest BCUT2D eigenvalue weighted by Gasteiger charge is -2.26. The number of carbonyl (C=O) groups excluding carboxylic acids is 2. The van der Waals surface area contributed by atoms with E-state index in [1.54, 1.807) is 30.9 Å². The van der Waals surface area contributed by atoms with Crippen LogP contribution in [0.25, 0.3) is 0 Å². The number of hydrogen-bond donors (Lipinski definition) is 1. The Morgan fingerprint density at radius 1 is 1.00 bits per heavy atom. The molecule has 0 aromatic heterocycles. The van der Waals surface area contributed by atoms with E-state index in [9.17, 15) is 18.0 Å². The maximum Gasteiger partial charge on any atom is 0.338 e. The first kappa shape index (κ1) is 22.6. The van der Waals surface area contributed by atoms with E-state index < -0.39 is 22.6 Å². The minimum absolute atomic E-state index is 0.0416. The highest BCUT2D eigenvalue weighted by Gasteiger charge is 2.22. The number of nitrogens with zero attached hydrogens (tertiary/aromatic N) is 1. The Balaban J connectivity index is 2.11. The van der Waals surface area contributed by atoms with Crippen LogP contribution in [0.5, 0.6) is 0 Å². The molecule has 0 unspecified atom stereocenters. The van der Waals surface area contributed by atoms with E-state index in [1.165, 1.54) is 24.3 Å². The summed E-state index contributed by atoms with van der Waals surface area (Å²) in [5.74, 6) is -1.14. The molecule has 8 heteroatoms. The number of carbonyl (C=O) groups is 2. The van der Waals surface area contributed by atoms with Crippen LogP contribution >= 0.6 is 0 Å². The zero-order valence-corrected chi connectivity index (χ0v) is 17.8. The maximum atomic E-state index is 12.6. The zero-order valence-electron chi connectivity index (χ0n) is 17.0. The minimum atomic E-state index is -3.74. The van der Waals surface area contributed by atoms with Crippen LogP contribution in [0.2, 0.25) is 0 Å². The van der Waals surface area contributed by atoms with Crippen molar-refractivity contribution >= 4 is 27.6 Å². The summed E-state index contributed by atoms with van der Waals surface area (Å²) in [5, 5.41) is 0. The normalized spacial score (nSPS) is 11.5. The van der Waals surface area contributed by atoms with Gasteiger partial charge in [0.25, 0.3) is 5.91 Å². The molecule has 0 spiro atoms. The van der Waals surface area contributed by atoms with E-state index in [0.29, 0.717) is 5.69 Å². The Labute approximate surface area is 171 Å². The lowest BCUT2D eigenvalue weighted by Crippen LogP contribution is -2.39. The molecule has 2 aromatic carbocycles. The molecule has 1 amide bonds. The molecule has 0 aliphatic carbocycles. The van der Waals surface area contributed by atoms with Crippen molar-refractivity contribution in [3.8, 4) is 0 Å². The van der Waals surface area contributed by atoms with Gasteiger partial charge in [0.05, 0.1) is 10.5 Å². The van der Waals surface area contributed by atoms with Gasteiger partial charge in [-0.05, 0) is 58.0 Å². The van der Waals surface area contributed by atoms with Crippen LogP contribution in [0.3, 0.4) is 0 Å². The second kappa shape index (κ2) is 9.67. The standard InChI is InChI=1S/C21H26N2O5S/c1-15(2)22-29(26,27)19-12-8-9-17(13-19)21(25)28-14-20(24)23(16(3)4)18-10-6-5-7-11-18/h5-13,15-16,22H,14H2,1-4H3. The largest absolute Gasteiger partial charge is 0.452 e. The number of benzene rings is 2. The fourth-order valence-electron chi connectivity index (χ4n) is 2.77. The molecule has 2 rings (SSSR count). The monoisotopic (exact) mass is 418 g/mol. The second-order valence-corrected chi connectivity index (χ2v) is 8.79. The van der Waals surface area contributed by atoms with Crippen molar-refractivity contribution in [2.45, 2.75) is 44.7 Å². The van der Waals surface area contributed by atoms with Gasteiger partial charge in [0, 0.05) is 17.8 Å². The number of amides is 1. The predicted octanol–water partition coefficient (Wildman–Crippen LogP) is 2.97. The van der Waals surface area contributed by atoms with Gasteiger partial charge < -0.3 is 9.64 Å². The third-order valence-electron chi connectivity index (χ3n) is 3.92. The van der Waals surface area contributed by atoms with Gasteiger partial charge in [-0.25, -0.2) is 17.9 Å². The molecule has 0 atom stereocenters. The molecule has 0 heterocycles. The number of ether oxygens (including phenoxy) is 1. The van der Waals surface area contributed by atoms with Crippen LogP contribution in [0, 0.1) is 0 Å². The molecule has 29 heavy (non-hydrogen) atoms. The van der Waals surface area contributed by atoms with E-state index >= 15 is 0 Å². The molecule has 0 aliphatic heterocycles. The van der Waals surface area contributed by atoms with E-state index in [2.05, 4.69) is 4.72 Å². The Hall–Kier alpha value is -2.71. The van der Waals surface area contributed by atoms with Gasteiger partial charge >= 0.3 is 5.97 Å². The van der Waals surface area contributed by atoms with E-state index in [0.717, 1.165) is 0 Å². The van der Waals surface area contributed by atoms with E-state index in [-0.39, 0.29) is 28.4 Å². The number of sulfonamides is 1. The fourth-order valence-corrected chi connectivity index (χ4v) is 4.06. The Morgan fingerprint density at radius 3 is 2.24 bits per heavy atom. The quantitative estimate of drug-likeness (QED) is 0.666. The number of hydrogen-bond acceptors (Lipinski definition) is 5. The zero-order chi connectivity index (χ0) is 21.6. The number of rotatable bonds is 8. The lowest BCUT2D eigenvalue weighted by atomic mass is 10.2. The van der Waals surface area contributed by atoms with E-state index in [4.69, 9.17) is 4.74 Å². The van der Waals surface area contributed by atoms with Crippen LogP contribution in [-0.2, 0) is 19.6 Å². The highest BCUT2D eigenvalue weighted by molar-refractivity contribution is 7.89. The summed E-state index contributed by atoms with van der Waals surface area (Å²) in [5.41, 5.74) is 0.761. The van der Waals surface area contributed by atoms with Crippen LogP contribution in [-0.4, -0.2) is 39.0 Å². The molecule has 0 saturated carbocycles. The summed E-state index contributed by atoms with van der Waals surface area (Å²) in [4.78, 5) is 26.5. The second-order valence-electron chi connectivity index (χ2n) is 7.07. The van der Waals surface area contributed by atoms with Gasteiger partial charge in [-0.2, -0.15) is 0 Å². The van der Waals surface area contributed by atoms with E-state index in [1.807, 2.05) is 32.0 Å². The average molecular weight is 419 g/mol. The molecule has 2 aromatic rings. The minimum Gasteiger partial charge on any atom is -0.452 e. The van der Waals surface area contributed by atoms with Crippen molar-refractivity contribution < 1.29 is 22.7 Å². The van der Waals surface area contributed by atoms with Gasteiger partial charge in [-0.15, -0.1) is 0 Å². The number of nitrogens with one attached hydrogen (secondary N) is 1. The number of para-hydroxylation sites is 1. The van der Waals surface area contributed by atoms with Crippen molar-refractivity contribution in [2.24, 2.45) is 0 Å². The molecule has 0 saturated heterocycles. The summed E-state index contributed by atoms with van der Waals surface area (Å²) in [6.07, 6.45) is 0. The van der Waals surface area contributed by atoms with Crippen LogP contribution in [0.15, 0.2) is 59.5 Å². The molecule has 156 valence electrons. The van der Waals surface area contributed by atoms with Crippen molar-refractivity contribution in [1.29, 1.82) is 0 Å². The molecule has 0 bridgehead atoms. The average Bonchev–Trinajstić information content (AvgIpc) is 2.66. The fraction of sp³-hybridized carbons (Fsp3) is 0.333. The van der Waals surface area contributed by atoms with Gasteiger partial charge in [-0.3, -0.25) is 4.79 Å². The number of anilines is 1. The van der Waals surface area contributed by atoms with Crippen LogP contribution in [0.1, 0.15) is 38.1 Å². The van der Waals surface area contributed by atoms with Crippen molar-refractivity contribution in [3.05, 3.63) is 60.2 Å². The molecule has 1 N–H and O–H groups in total. The molecular weight excluding hydrogens is 392 g/mol. The summed E-state index contributed by atoms with van der Waals surface area (Å²) in [7, 11) is -3.74. The van der Waals surface area contributed by atoms with Crippen LogP contribution in [0.4, 0.5) is 5.69 Å². The summed E-state index contributed by atoms with van der Waals surface area (Å²) < 4.78 is 32.2. The van der Waals surface area contributed by atoms with Crippen molar-refractivity contribution in [1.82, 2.24) is 4.72 Å². The Morgan fingerprint density at radius 2 is 1.66 bits per heavy atom. The third-order valence-corrected chi connectivity index (χ3v) is 5.57. The summed E-state index contributed by atoms with van der Waals surface area (Å²) in [6.45, 7) is 6.68. The summed E-state index contributed by atoms with van der Waals surface area (Å²) in [6, 6.07) is 14.2. The van der Waals surface area contributed by atoms with Crippen molar-refractivity contribution in [3.63, 3.8) is 0 Å². The molecule has 7 nitrogen and oxygen atoms in total. The SMILES string of the molecule is CC(C)NS(=O)(=O)c1cccc(C(=O)OCC(=O)N(c2ccccc2)C(C)C)c1. The number of esters is 1. The van der Waals surface area contributed by atoms with Gasteiger partial charge in [0.15, 0.2) is 6.61 Å². The molecule has 0 aliphatic rings. The Bertz CT molecular complexity index is 956. The van der Waals surface area contributed by atoms with Crippen LogP contribution < -0.4 is 9.62 Å². The maximum absolute atomic E-state index is 12.6. The molecule has 0 radical (unpaired) electrons. The first-order valence-electron chi connectivity index (χ1n) is 9.28. The molecule has 0 fully saturated rings. The molecular formula is C21H26N2O5S. The van der Waals surface area contributed by atoms with Gasteiger partial charge in [0.2, 0.25) is 10.0 Å². The highest BCUT2D eigenvalue weighted by Crippen LogP contribution is 2.17. The highest BCUT2D eigenvalue weighted by atomic mass is 32.2. The van der Waals surface area contributed by atoms with Gasteiger partial charge in [-0.1, -0.05) is 24.3 Å². The van der Waals surface area contributed by atoms with Crippen molar-refractivity contribution in [2.75, 3.05) is 11.5 Å². The lowest BCUT2D eigenvalue weighted by molar-refractivity contribution is -0.122.